The molecule has 15 heavy (non-hydrogen) atoms. The van der Waals surface area contributed by atoms with Crippen LogP contribution in [0.15, 0.2) is 24.3 Å². The van der Waals surface area contributed by atoms with Crippen molar-refractivity contribution in [1.29, 1.82) is 0 Å². The van der Waals surface area contributed by atoms with E-state index in [-0.39, 0.29) is 11.9 Å². The first-order chi connectivity index (χ1) is 7.16. The molecule has 1 aromatic carbocycles. The van der Waals surface area contributed by atoms with Gasteiger partial charge in [-0.25, -0.2) is 0 Å². The van der Waals surface area contributed by atoms with Crippen LogP contribution in [0, 0.1) is 0 Å². The Bertz CT molecular complexity index is 375. The zero-order valence-electron chi connectivity index (χ0n) is 8.32. The summed E-state index contributed by atoms with van der Waals surface area (Å²) in [4.78, 5) is 13.5. The summed E-state index contributed by atoms with van der Waals surface area (Å²) in [5.41, 5.74) is 6.49. The molecule has 0 aromatic heterocycles. The normalized spacial score (nSPS) is 16.3. The number of hydrogen-bond acceptors (Lipinski definition) is 2. The Kier molecular flexibility index (Phi) is 2.93. The predicted molar refractivity (Wildman–Crippen MR) is 59.7 cm³/mol. The van der Waals surface area contributed by atoms with E-state index < -0.39 is 0 Å². The van der Waals surface area contributed by atoms with Crippen molar-refractivity contribution >= 4 is 17.5 Å². The van der Waals surface area contributed by atoms with Crippen LogP contribution in [0.2, 0.25) is 5.02 Å². The van der Waals surface area contributed by atoms with Crippen molar-refractivity contribution in [2.75, 3.05) is 13.1 Å². The molecule has 0 bridgehead atoms. The van der Waals surface area contributed by atoms with Gasteiger partial charge in [-0.1, -0.05) is 29.8 Å². The number of benzene rings is 1. The highest BCUT2D eigenvalue weighted by molar-refractivity contribution is 6.31. The van der Waals surface area contributed by atoms with Gasteiger partial charge in [-0.2, -0.15) is 0 Å². The lowest BCUT2D eigenvalue weighted by Gasteiger charge is -2.37. The molecule has 1 aliphatic heterocycles. The summed E-state index contributed by atoms with van der Waals surface area (Å²) in [6.45, 7) is 1.34. The summed E-state index contributed by atoms with van der Waals surface area (Å²) in [7, 11) is 0. The summed E-state index contributed by atoms with van der Waals surface area (Å²) >= 11 is 5.97. The van der Waals surface area contributed by atoms with Crippen molar-refractivity contribution in [3.8, 4) is 0 Å². The van der Waals surface area contributed by atoms with Crippen molar-refractivity contribution in [3.63, 3.8) is 0 Å². The number of amides is 1. The standard InChI is InChI=1S/C11H13ClN2O/c12-10-4-2-1-3-8(10)5-11(15)14-6-9(13)7-14/h1-4,9H,5-7,13H2. The second-order valence-corrected chi connectivity index (χ2v) is 4.23. The third-order valence-corrected chi connectivity index (χ3v) is 2.93. The van der Waals surface area contributed by atoms with E-state index in [0.29, 0.717) is 24.5 Å². The minimum Gasteiger partial charge on any atom is -0.339 e. The third kappa shape index (κ3) is 2.30. The van der Waals surface area contributed by atoms with Gasteiger partial charge in [-0.15, -0.1) is 0 Å². The van der Waals surface area contributed by atoms with E-state index in [9.17, 15) is 4.79 Å². The molecule has 1 saturated heterocycles. The summed E-state index contributed by atoms with van der Waals surface area (Å²) in [5, 5.41) is 0.649. The first-order valence-electron chi connectivity index (χ1n) is 4.93. The van der Waals surface area contributed by atoms with Gasteiger partial charge in [0.25, 0.3) is 0 Å². The van der Waals surface area contributed by atoms with Crippen LogP contribution in [0.5, 0.6) is 0 Å². The van der Waals surface area contributed by atoms with Crippen LogP contribution in [0.3, 0.4) is 0 Å². The van der Waals surface area contributed by atoms with Gasteiger partial charge < -0.3 is 10.6 Å². The van der Waals surface area contributed by atoms with Crippen LogP contribution in [0.25, 0.3) is 0 Å². The highest BCUT2D eigenvalue weighted by Gasteiger charge is 2.27. The molecular formula is C11H13ClN2O. The number of hydrogen-bond donors (Lipinski definition) is 1. The van der Waals surface area contributed by atoms with Crippen molar-refractivity contribution in [2.24, 2.45) is 5.73 Å². The number of nitrogens with two attached hydrogens (primary N) is 1. The minimum absolute atomic E-state index is 0.102. The lowest BCUT2D eigenvalue weighted by molar-refractivity contribution is -0.134. The van der Waals surface area contributed by atoms with E-state index in [1.165, 1.54) is 0 Å². The molecular weight excluding hydrogens is 212 g/mol. The van der Waals surface area contributed by atoms with E-state index in [0.717, 1.165) is 5.56 Å². The van der Waals surface area contributed by atoms with Crippen molar-refractivity contribution in [2.45, 2.75) is 12.5 Å². The monoisotopic (exact) mass is 224 g/mol. The molecule has 80 valence electrons. The van der Waals surface area contributed by atoms with Gasteiger partial charge in [0, 0.05) is 24.2 Å². The minimum atomic E-state index is 0.102. The van der Waals surface area contributed by atoms with Gasteiger partial charge in [0.1, 0.15) is 0 Å². The number of likely N-dealkylation sites (tertiary alicyclic amines) is 1. The zero-order valence-corrected chi connectivity index (χ0v) is 9.07. The molecule has 1 aliphatic rings. The molecule has 1 amide bonds. The fraction of sp³-hybridized carbons (Fsp3) is 0.364. The maximum Gasteiger partial charge on any atom is 0.227 e. The largest absolute Gasteiger partial charge is 0.339 e. The van der Waals surface area contributed by atoms with Gasteiger partial charge in [-0.3, -0.25) is 4.79 Å². The number of carbonyl (C=O) groups is 1. The predicted octanol–water partition coefficient (Wildman–Crippen LogP) is 1.05. The molecule has 4 heteroatoms. The molecule has 0 radical (unpaired) electrons. The van der Waals surface area contributed by atoms with Gasteiger partial charge in [-0.05, 0) is 11.6 Å². The molecule has 2 rings (SSSR count). The van der Waals surface area contributed by atoms with Crippen LogP contribution in [0.4, 0.5) is 0 Å². The van der Waals surface area contributed by atoms with Gasteiger partial charge in [0.2, 0.25) is 5.91 Å². The van der Waals surface area contributed by atoms with Crippen LogP contribution >= 0.6 is 11.6 Å². The molecule has 1 fully saturated rings. The quantitative estimate of drug-likeness (QED) is 0.817. The summed E-state index contributed by atoms with van der Waals surface area (Å²) in [6, 6.07) is 7.57. The number of nitrogens with zero attached hydrogens (tertiary/aromatic N) is 1. The first-order valence-corrected chi connectivity index (χ1v) is 5.31. The lowest BCUT2D eigenvalue weighted by Crippen LogP contribution is -2.58. The Labute approximate surface area is 93.8 Å². The molecule has 0 spiro atoms. The van der Waals surface area contributed by atoms with E-state index in [1.54, 1.807) is 11.0 Å². The maximum atomic E-state index is 11.7. The zero-order chi connectivity index (χ0) is 10.8. The Morgan fingerprint density at radius 1 is 1.47 bits per heavy atom. The highest BCUT2D eigenvalue weighted by atomic mass is 35.5. The fourth-order valence-corrected chi connectivity index (χ4v) is 1.84. The second kappa shape index (κ2) is 4.21. The molecule has 2 N–H and O–H groups in total. The summed E-state index contributed by atoms with van der Waals surface area (Å²) in [5.74, 6) is 0.102. The third-order valence-electron chi connectivity index (χ3n) is 2.56. The van der Waals surface area contributed by atoms with E-state index in [1.807, 2.05) is 18.2 Å². The molecule has 1 heterocycles. The van der Waals surface area contributed by atoms with E-state index >= 15 is 0 Å². The Balaban J connectivity index is 1.97. The van der Waals surface area contributed by atoms with Gasteiger partial charge in [0.05, 0.1) is 6.42 Å². The van der Waals surface area contributed by atoms with E-state index in [2.05, 4.69) is 0 Å². The summed E-state index contributed by atoms with van der Waals surface area (Å²) < 4.78 is 0. The average Bonchev–Trinajstić information content (AvgIpc) is 2.17. The summed E-state index contributed by atoms with van der Waals surface area (Å²) in [6.07, 6.45) is 0.367. The van der Waals surface area contributed by atoms with Gasteiger partial charge in [0.15, 0.2) is 0 Å². The SMILES string of the molecule is NC1CN(C(=O)Cc2ccccc2Cl)C1. The molecule has 3 nitrogen and oxygen atoms in total. The molecule has 1 aromatic rings. The molecule has 0 unspecified atom stereocenters. The van der Waals surface area contributed by atoms with E-state index in [4.69, 9.17) is 17.3 Å². The van der Waals surface area contributed by atoms with Crippen LogP contribution in [-0.4, -0.2) is 29.9 Å². The molecule has 0 aliphatic carbocycles. The average molecular weight is 225 g/mol. The Morgan fingerprint density at radius 3 is 2.73 bits per heavy atom. The van der Waals surface area contributed by atoms with Crippen molar-refractivity contribution < 1.29 is 4.79 Å². The topological polar surface area (TPSA) is 46.3 Å². The number of rotatable bonds is 2. The number of halogens is 1. The number of carbonyl (C=O) groups excluding carboxylic acids is 1. The molecule has 0 atom stereocenters. The Hall–Kier alpha value is -1.06. The Morgan fingerprint density at radius 2 is 2.13 bits per heavy atom. The van der Waals surface area contributed by atoms with Crippen molar-refractivity contribution in [1.82, 2.24) is 4.90 Å². The maximum absolute atomic E-state index is 11.7. The lowest BCUT2D eigenvalue weighted by atomic mass is 10.1. The second-order valence-electron chi connectivity index (χ2n) is 3.83. The van der Waals surface area contributed by atoms with Crippen LogP contribution < -0.4 is 5.73 Å². The van der Waals surface area contributed by atoms with Crippen molar-refractivity contribution in [3.05, 3.63) is 34.9 Å². The smallest absolute Gasteiger partial charge is 0.227 e. The molecule has 0 saturated carbocycles. The first kappa shape index (κ1) is 10.5. The fourth-order valence-electron chi connectivity index (χ4n) is 1.63. The van der Waals surface area contributed by atoms with Crippen LogP contribution in [0.1, 0.15) is 5.56 Å². The highest BCUT2D eigenvalue weighted by Crippen LogP contribution is 2.17. The van der Waals surface area contributed by atoms with Crippen LogP contribution in [-0.2, 0) is 11.2 Å². The van der Waals surface area contributed by atoms with Gasteiger partial charge >= 0.3 is 0 Å².